The van der Waals surface area contributed by atoms with E-state index >= 15 is 0 Å². The number of nitrogens with zero attached hydrogens (tertiary/aromatic N) is 2. The summed E-state index contributed by atoms with van der Waals surface area (Å²) < 4.78 is 5.15. The molecule has 0 aliphatic carbocycles. The maximum Gasteiger partial charge on any atom is 0.149 e. The van der Waals surface area contributed by atoms with E-state index in [2.05, 4.69) is 16.4 Å². The third kappa shape index (κ3) is 3.65. The number of nitriles is 1. The molecule has 2 N–H and O–H groups in total. The van der Waals surface area contributed by atoms with Gasteiger partial charge < -0.3 is 15.2 Å². The van der Waals surface area contributed by atoms with Crippen molar-refractivity contribution >= 4 is 23.1 Å². The van der Waals surface area contributed by atoms with E-state index in [9.17, 15) is 10.4 Å². The van der Waals surface area contributed by atoms with Gasteiger partial charge in [-0.25, -0.2) is 4.98 Å². The van der Waals surface area contributed by atoms with Gasteiger partial charge >= 0.3 is 0 Å². The Morgan fingerprint density at radius 2 is 1.88 bits per heavy atom. The van der Waals surface area contributed by atoms with Crippen LogP contribution in [0.2, 0.25) is 5.02 Å². The molecule has 25 heavy (non-hydrogen) atoms. The highest BCUT2D eigenvalue weighted by Gasteiger charge is 2.10. The average molecular weight is 352 g/mol. The standard InChI is InChI=1S/C19H14ClN3O2/c1-25-15-6-2-12(3-7-15)16-8-4-13(11-21)19(22-16)23-17-10-14(20)5-9-18(17)24/h2-10,24H,1H3,(H,22,23). The molecule has 0 saturated carbocycles. The molecular formula is C19H14ClN3O2. The van der Waals surface area contributed by atoms with Crippen LogP contribution in [-0.2, 0) is 0 Å². The fraction of sp³-hybridized carbons (Fsp3) is 0.0526. The van der Waals surface area contributed by atoms with Crippen molar-refractivity contribution in [3.05, 3.63) is 65.2 Å². The Kier molecular flexibility index (Phi) is 4.73. The molecule has 6 heteroatoms. The lowest BCUT2D eigenvalue weighted by Gasteiger charge is -2.11. The summed E-state index contributed by atoms with van der Waals surface area (Å²) in [6, 6.07) is 17.6. The second kappa shape index (κ2) is 7.12. The van der Waals surface area contributed by atoms with Gasteiger partial charge in [-0.05, 0) is 54.6 Å². The Balaban J connectivity index is 2.00. The molecule has 0 atom stereocenters. The van der Waals surface area contributed by atoms with Crippen LogP contribution in [0, 0.1) is 11.3 Å². The summed E-state index contributed by atoms with van der Waals surface area (Å²) >= 11 is 5.96. The van der Waals surface area contributed by atoms with Crippen LogP contribution in [-0.4, -0.2) is 17.2 Å². The van der Waals surface area contributed by atoms with Crippen LogP contribution in [0.3, 0.4) is 0 Å². The van der Waals surface area contributed by atoms with E-state index < -0.39 is 0 Å². The minimum Gasteiger partial charge on any atom is -0.506 e. The smallest absolute Gasteiger partial charge is 0.149 e. The highest BCUT2D eigenvalue weighted by molar-refractivity contribution is 6.31. The number of methoxy groups -OCH3 is 1. The Bertz CT molecular complexity index is 950. The number of phenolic OH excluding ortho intramolecular Hbond substituents is 1. The summed E-state index contributed by atoms with van der Waals surface area (Å²) in [5, 5.41) is 22.7. The number of hydrogen-bond acceptors (Lipinski definition) is 5. The number of nitrogens with one attached hydrogen (secondary N) is 1. The van der Waals surface area contributed by atoms with Crippen LogP contribution in [0.4, 0.5) is 11.5 Å². The molecule has 0 radical (unpaired) electrons. The van der Waals surface area contributed by atoms with Crippen molar-refractivity contribution in [3.8, 4) is 28.8 Å². The monoisotopic (exact) mass is 351 g/mol. The lowest BCUT2D eigenvalue weighted by molar-refractivity contribution is 0.415. The zero-order valence-electron chi connectivity index (χ0n) is 13.3. The highest BCUT2D eigenvalue weighted by Crippen LogP contribution is 2.31. The number of anilines is 2. The molecule has 0 aliphatic rings. The zero-order chi connectivity index (χ0) is 17.8. The zero-order valence-corrected chi connectivity index (χ0v) is 14.1. The maximum atomic E-state index is 9.96. The quantitative estimate of drug-likeness (QED) is 0.664. The van der Waals surface area contributed by atoms with E-state index in [0.29, 0.717) is 27.8 Å². The van der Waals surface area contributed by atoms with Gasteiger partial charge in [0.1, 0.15) is 23.4 Å². The molecule has 3 rings (SSSR count). The molecule has 0 bridgehead atoms. The molecule has 3 aromatic rings. The van der Waals surface area contributed by atoms with Crippen molar-refractivity contribution < 1.29 is 9.84 Å². The van der Waals surface area contributed by atoms with Crippen molar-refractivity contribution in [1.29, 1.82) is 5.26 Å². The van der Waals surface area contributed by atoms with Crippen molar-refractivity contribution in [1.82, 2.24) is 4.98 Å². The molecule has 1 heterocycles. The first kappa shape index (κ1) is 16.6. The lowest BCUT2D eigenvalue weighted by Crippen LogP contribution is -1.99. The summed E-state index contributed by atoms with van der Waals surface area (Å²) in [6.07, 6.45) is 0. The topological polar surface area (TPSA) is 78.2 Å². The van der Waals surface area contributed by atoms with E-state index in [1.54, 1.807) is 31.4 Å². The van der Waals surface area contributed by atoms with E-state index in [4.69, 9.17) is 16.3 Å². The number of hydrogen-bond donors (Lipinski definition) is 2. The summed E-state index contributed by atoms with van der Waals surface area (Å²) in [5.74, 6) is 1.11. The first-order valence-electron chi connectivity index (χ1n) is 7.42. The number of phenols is 1. The van der Waals surface area contributed by atoms with Gasteiger partial charge in [0.25, 0.3) is 0 Å². The van der Waals surface area contributed by atoms with Gasteiger partial charge in [0.05, 0.1) is 24.1 Å². The van der Waals surface area contributed by atoms with Gasteiger partial charge in [0.15, 0.2) is 0 Å². The molecule has 5 nitrogen and oxygen atoms in total. The third-order valence-corrected chi connectivity index (χ3v) is 3.85. The summed E-state index contributed by atoms with van der Waals surface area (Å²) in [5.41, 5.74) is 2.30. The SMILES string of the molecule is COc1ccc(-c2ccc(C#N)c(Nc3cc(Cl)ccc3O)n2)cc1. The van der Waals surface area contributed by atoms with Crippen LogP contribution < -0.4 is 10.1 Å². The van der Waals surface area contributed by atoms with Crippen LogP contribution in [0.5, 0.6) is 11.5 Å². The second-order valence-electron chi connectivity index (χ2n) is 5.22. The molecule has 2 aromatic carbocycles. The highest BCUT2D eigenvalue weighted by atomic mass is 35.5. The van der Waals surface area contributed by atoms with Crippen molar-refractivity contribution in [3.63, 3.8) is 0 Å². The molecule has 124 valence electrons. The fourth-order valence-corrected chi connectivity index (χ4v) is 2.48. The number of aromatic nitrogens is 1. The summed E-state index contributed by atoms with van der Waals surface area (Å²) in [7, 11) is 1.61. The molecule has 1 aromatic heterocycles. The first-order valence-corrected chi connectivity index (χ1v) is 7.79. The Morgan fingerprint density at radius 3 is 2.56 bits per heavy atom. The van der Waals surface area contributed by atoms with Gasteiger partial charge in [-0.2, -0.15) is 5.26 Å². The molecule has 0 amide bonds. The Hall–Kier alpha value is -3.23. The van der Waals surface area contributed by atoms with Crippen molar-refractivity contribution in [2.45, 2.75) is 0 Å². The van der Waals surface area contributed by atoms with Gasteiger partial charge in [0.2, 0.25) is 0 Å². The van der Waals surface area contributed by atoms with Crippen LogP contribution in [0.1, 0.15) is 5.56 Å². The van der Waals surface area contributed by atoms with Gasteiger partial charge in [-0.3, -0.25) is 0 Å². The predicted octanol–water partition coefficient (Wildman–Crippen LogP) is 4.73. The molecule has 0 saturated heterocycles. The molecule has 0 spiro atoms. The van der Waals surface area contributed by atoms with E-state index in [1.807, 2.05) is 24.3 Å². The number of rotatable bonds is 4. The van der Waals surface area contributed by atoms with E-state index in [-0.39, 0.29) is 5.75 Å². The minimum atomic E-state index is 0.0185. The van der Waals surface area contributed by atoms with Gasteiger partial charge in [-0.1, -0.05) is 11.6 Å². The normalized spacial score (nSPS) is 10.1. The summed E-state index contributed by atoms with van der Waals surface area (Å²) in [6.45, 7) is 0. The van der Waals surface area contributed by atoms with Gasteiger partial charge in [-0.15, -0.1) is 0 Å². The number of aromatic hydroxyl groups is 1. The lowest BCUT2D eigenvalue weighted by atomic mass is 10.1. The van der Waals surface area contributed by atoms with E-state index in [1.165, 1.54) is 6.07 Å². The molecular weight excluding hydrogens is 338 g/mol. The maximum absolute atomic E-state index is 9.96. The van der Waals surface area contributed by atoms with Crippen LogP contribution >= 0.6 is 11.6 Å². The predicted molar refractivity (Wildman–Crippen MR) is 97.3 cm³/mol. The number of halogens is 1. The Morgan fingerprint density at radius 1 is 1.12 bits per heavy atom. The number of pyridine rings is 1. The molecule has 0 aliphatic heterocycles. The molecule has 0 fully saturated rings. The third-order valence-electron chi connectivity index (χ3n) is 3.61. The summed E-state index contributed by atoms with van der Waals surface area (Å²) in [4.78, 5) is 4.51. The van der Waals surface area contributed by atoms with E-state index in [0.717, 1.165) is 11.3 Å². The first-order chi connectivity index (χ1) is 12.1. The Labute approximate surface area is 150 Å². The van der Waals surface area contributed by atoms with Crippen LogP contribution in [0.25, 0.3) is 11.3 Å². The largest absolute Gasteiger partial charge is 0.506 e. The van der Waals surface area contributed by atoms with Crippen molar-refractivity contribution in [2.24, 2.45) is 0 Å². The average Bonchev–Trinajstić information content (AvgIpc) is 2.65. The second-order valence-corrected chi connectivity index (χ2v) is 5.66. The van der Waals surface area contributed by atoms with Crippen molar-refractivity contribution in [2.75, 3.05) is 12.4 Å². The van der Waals surface area contributed by atoms with Gasteiger partial charge in [0, 0.05) is 10.6 Å². The number of ether oxygens (including phenoxy) is 1. The van der Waals surface area contributed by atoms with Crippen LogP contribution in [0.15, 0.2) is 54.6 Å². The molecule has 0 unspecified atom stereocenters. The fourth-order valence-electron chi connectivity index (χ4n) is 2.30. The number of benzene rings is 2. The minimum absolute atomic E-state index is 0.0185.